The van der Waals surface area contributed by atoms with Gasteiger partial charge in [-0.05, 0) is 56.3 Å². The number of phenolic OH excluding ortho intramolecular Hbond substituents is 1. The Morgan fingerprint density at radius 2 is 2.07 bits per heavy atom. The molecule has 0 saturated carbocycles. The van der Waals surface area contributed by atoms with Crippen LogP contribution in [-0.4, -0.2) is 106 Å². The summed E-state index contributed by atoms with van der Waals surface area (Å²) in [4.78, 5) is 58.0. The highest BCUT2D eigenvalue weighted by Crippen LogP contribution is 2.44. The van der Waals surface area contributed by atoms with Gasteiger partial charge in [-0.1, -0.05) is 28.5 Å². The van der Waals surface area contributed by atoms with Crippen molar-refractivity contribution in [2.45, 2.75) is 56.0 Å². The number of aromatic nitrogens is 4. The van der Waals surface area contributed by atoms with E-state index in [-0.39, 0.29) is 40.1 Å². The number of phenols is 1. The zero-order valence-corrected chi connectivity index (χ0v) is 26.2. The highest BCUT2D eigenvalue weighted by atomic mass is 35.5. The summed E-state index contributed by atoms with van der Waals surface area (Å²) < 4.78 is 6.71. The van der Waals surface area contributed by atoms with Gasteiger partial charge in [0.2, 0.25) is 17.2 Å². The number of thioether (sulfide) groups is 2. The summed E-state index contributed by atoms with van der Waals surface area (Å²) in [5.74, 6) is -2.97. The van der Waals surface area contributed by atoms with Crippen LogP contribution in [0.15, 0.2) is 28.5 Å². The van der Waals surface area contributed by atoms with Crippen molar-refractivity contribution in [1.29, 1.82) is 0 Å². The van der Waals surface area contributed by atoms with Crippen molar-refractivity contribution in [3.05, 3.63) is 28.8 Å². The molecule has 2 amide bonds. The highest BCUT2D eigenvalue weighted by molar-refractivity contribution is 8.00. The summed E-state index contributed by atoms with van der Waals surface area (Å²) in [6, 6.07) is 2.94. The summed E-state index contributed by atoms with van der Waals surface area (Å²) in [6.07, 6.45) is -1.18. The molecule has 4 rings (SSSR count). The van der Waals surface area contributed by atoms with E-state index in [2.05, 4.69) is 26.0 Å². The minimum Gasteiger partial charge on any atom is -0.506 e. The second kappa shape index (κ2) is 12.6. The van der Waals surface area contributed by atoms with Gasteiger partial charge < -0.3 is 30.0 Å². The number of oxime groups is 1. The predicted octanol–water partition coefficient (Wildman–Crippen LogP) is 1.28. The van der Waals surface area contributed by atoms with Crippen molar-refractivity contribution < 1.29 is 39.0 Å². The number of amides is 2. The van der Waals surface area contributed by atoms with Gasteiger partial charge in [-0.2, -0.15) is 0 Å². The van der Waals surface area contributed by atoms with E-state index in [0.717, 1.165) is 0 Å². The molecule has 0 radical (unpaired) electrons. The number of carbonyl (C=O) groups excluding carboxylic acids is 3. The van der Waals surface area contributed by atoms with Gasteiger partial charge >= 0.3 is 11.9 Å². The lowest BCUT2D eigenvalue weighted by Crippen LogP contribution is -2.74. The third kappa shape index (κ3) is 7.15. The molecule has 3 heterocycles. The lowest BCUT2D eigenvalue weighted by Gasteiger charge is -2.53. The minimum atomic E-state index is -1.26. The minimum absolute atomic E-state index is 0.0610. The number of benzene rings is 1. The number of aliphatic carboxylic acids is 1. The molecule has 1 aromatic carbocycles. The molecular formula is C25H30ClN7O8S2. The Bertz CT molecular complexity index is 1470. The molecule has 4 atom stereocenters. The molecule has 3 unspecified atom stereocenters. The summed E-state index contributed by atoms with van der Waals surface area (Å²) in [7, 11) is 1.64. The number of hydrogen-bond acceptors (Lipinski definition) is 13. The first-order valence-corrected chi connectivity index (χ1v) is 15.3. The van der Waals surface area contributed by atoms with Crippen molar-refractivity contribution in [2.24, 2.45) is 17.6 Å². The number of carbonyl (C=O) groups is 4. The number of carboxylic acid groups (broad SMARTS) is 1. The van der Waals surface area contributed by atoms with Crippen molar-refractivity contribution in [2.75, 3.05) is 18.1 Å². The number of aromatic hydroxyl groups is 1. The number of rotatable bonds is 10. The molecule has 3 N–H and O–H groups in total. The number of nitrogens with one attached hydrogen (secondary N) is 1. The largest absolute Gasteiger partial charge is 0.506 e. The van der Waals surface area contributed by atoms with E-state index in [9.17, 15) is 29.4 Å². The lowest BCUT2D eigenvalue weighted by atomic mass is 9.89. The van der Waals surface area contributed by atoms with Gasteiger partial charge in [0.1, 0.15) is 28.2 Å². The van der Waals surface area contributed by atoms with Crippen LogP contribution in [0, 0.1) is 5.41 Å². The topological polar surface area (TPSA) is 198 Å². The van der Waals surface area contributed by atoms with Gasteiger partial charge in [0, 0.05) is 30.7 Å². The average molecular weight is 656 g/mol. The van der Waals surface area contributed by atoms with Gasteiger partial charge in [0.15, 0.2) is 5.71 Å². The van der Waals surface area contributed by atoms with E-state index < -0.39 is 52.3 Å². The molecule has 0 aliphatic carbocycles. The molecule has 2 aliphatic heterocycles. The molecule has 2 fully saturated rings. The molecule has 15 nitrogen and oxygen atoms in total. The molecule has 2 aliphatic rings. The molecule has 0 spiro atoms. The van der Waals surface area contributed by atoms with E-state index in [0.29, 0.717) is 5.16 Å². The number of nitrogens with zero attached hydrogens (tertiary/aromatic N) is 6. The van der Waals surface area contributed by atoms with Crippen molar-refractivity contribution in [3.8, 4) is 5.75 Å². The quantitative estimate of drug-likeness (QED) is 0.109. The van der Waals surface area contributed by atoms with Crippen LogP contribution < -0.4 is 5.32 Å². The standard InChI is InChI=1S/C25H30ClN7O8S2/c1-12(21(37)40-24(2,3)4)41-29-16(13-6-7-15(34)14(26)8-13)18(35)27-17-19(36)33-9-25(22(38)39,10-42-20(17)33)11-43-23-28-30-31-32(23)5/h6-8,12,17,20,34H,9-11H2,1-5H3,(H,27,35)(H,38,39)/t12?,17?,20-,25?/m1/s1. The Balaban J connectivity index is 1.48. The zero-order chi connectivity index (χ0) is 31.7. The maximum Gasteiger partial charge on any atom is 0.350 e. The number of β-lactam (4-membered cyclic amide) rings is 1. The van der Waals surface area contributed by atoms with Crippen LogP contribution in [0.4, 0.5) is 0 Å². The number of halogens is 1. The van der Waals surface area contributed by atoms with Gasteiger partial charge in [-0.3, -0.25) is 14.4 Å². The second-order valence-corrected chi connectivity index (χ2v) is 13.4. The normalized spacial score (nSPS) is 22.7. The Morgan fingerprint density at radius 1 is 1.35 bits per heavy atom. The Labute approximate surface area is 259 Å². The molecule has 2 saturated heterocycles. The number of hydrogen-bond donors (Lipinski definition) is 3. The van der Waals surface area contributed by atoms with E-state index >= 15 is 0 Å². The van der Waals surface area contributed by atoms with E-state index in [1.807, 2.05) is 0 Å². The van der Waals surface area contributed by atoms with E-state index in [4.69, 9.17) is 21.2 Å². The number of aryl methyl sites for hydroxylation is 1. The van der Waals surface area contributed by atoms with Crippen LogP contribution in [-0.2, 0) is 35.8 Å². The molecular weight excluding hydrogens is 626 g/mol. The average Bonchev–Trinajstić information content (AvgIpc) is 3.35. The first-order valence-electron chi connectivity index (χ1n) is 12.9. The summed E-state index contributed by atoms with van der Waals surface area (Å²) in [6.45, 7) is 6.41. The van der Waals surface area contributed by atoms with Crippen LogP contribution in [0.1, 0.15) is 33.3 Å². The highest BCUT2D eigenvalue weighted by Gasteiger charge is 2.57. The maximum atomic E-state index is 13.4. The molecule has 2 aromatic rings. The summed E-state index contributed by atoms with van der Waals surface area (Å²) in [5, 5.41) is 37.5. The lowest BCUT2D eigenvalue weighted by molar-refractivity contribution is -0.167. The Kier molecular flexibility index (Phi) is 9.46. The number of carboxylic acids is 1. The zero-order valence-electron chi connectivity index (χ0n) is 23.8. The van der Waals surface area contributed by atoms with E-state index in [1.165, 1.54) is 58.2 Å². The molecule has 1 aromatic heterocycles. The SMILES string of the molecule is CC(ON=C(C(=O)NC1C(=O)N2CC(CSc3nnnn3C)(C(=O)O)CS[C@H]12)c1ccc(O)c(Cl)c1)C(=O)OC(C)(C)C. The molecule has 232 valence electrons. The van der Waals surface area contributed by atoms with Crippen LogP contribution in [0.5, 0.6) is 5.75 Å². The number of fused-ring (bicyclic) bond motifs is 1. The number of esters is 1. The fraction of sp³-hybridized carbons (Fsp3) is 0.520. The van der Waals surface area contributed by atoms with Crippen LogP contribution in [0.2, 0.25) is 5.02 Å². The summed E-state index contributed by atoms with van der Waals surface area (Å²) >= 11 is 8.46. The number of tetrazole rings is 1. The van der Waals surface area contributed by atoms with Crippen LogP contribution >= 0.6 is 35.1 Å². The first-order chi connectivity index (χ1) is 20.1. The van der Waals surface area contributed by atoms with Crippen LogP contribution in [0.3, 0.4) is 0 Å². The number of ether oxygens (including phenoxy) is 1. The first kappa shape index (κ1) is 32.3. The van der Waals surface area contributed by atoms with Gasteiger partial charge in [0.25, 0.3) is 5.91 Å². The van der Waals surface area contributed by atoms with E-state index in [1.54, 1.807) is 27.8 Å². The van der Waals surface area contributed by atoms with Gasteiger partial charge in [-0.25, -0.2) is 9.48 Å². The third-order valence-corrected chi connectivity index (χ3v) is 9.61. The Morgan fingerprint density at radius 3 is 2.67 bits per heavy atom. The van der Waals surface area contributed by atoms with Crippen molar-refractivity contribution in [3.63, 3.8) is 0 Å². The van der Waals surface area contributed by atoms with Gasteiger partial charge in [-0.15, -0.1) is 16.9 Å². The molecule has 0 bridgehead atoms. The third-order valence-electron chi connectivity index (χ3n) is 6.42. The monoisotopic (exact) mass is 655 g/mol. The summed E-state index contributed by atoms with van der Waals surface area (Å²) in [5.41, 5.74) is -2.20. The van der Waals surface area contributed by atoms with Crippen molar-refractivity contribution in [1.82, 2.24) is 30.4 Å². The second-order valence-electron chi connectivity index (χ2n) is 11.0. The van der Waals surface area contributed by atoms with Crippen molar-refractivity contribution >= 4 is 64.6 Å². The predicted molar refractivity (Wildman–Crippen MR) is 156 cm³/mol. The smallest absolute Gasteiger partial charge is 0.350 e. The maximum absolute atomic E-state index is 13.4. The Hall–Kier alpha value is -3.57. The molecule has 18 heteroatoms. The van der Waals surface area contributed by atoms with Gasteiger partial charge in [0.05, 0.1) is 5.02 Å². The molecule has 43 heavy (non-hydrogen) atoms. The van der Waals surface area contributed by atoms with Crippen LogP contribution in [0.25, 0.3) is 0 Å². The fourth-order valence-electron chi connectivity index (χ4n) is 4.10. The fourth-order valence-corrected chi connectivity index (χ4v) is 6.99.